The quantitative estimate of drug-likeness (QED) is 0.791. The Morgan fingerprint density at radius 3 is 2.76 bits per heavy atom. The number of aliphatic hydroxyl groups is 1. The standard InChI is InChI=1S/C13H18N4O3S/c1-10-11(8-18)4-3-5-12(10)21(19,20)15-7-6-13-14-9-17(2)16-13/h3-5,9,15,18H,6-8H2,1-2H3. The van der Waals surface area contributed by atoms with E-state index in [-0.39, 0.29) is 18.0 Å². The Labute approximate surface area is 123 Å². The van der Waals surface area contributed by atoms with Gasteiger partial charge >= 0.3 is 0 Å². The molecule has 1 aromatic carbocycles. The second-order valence-electron chi connectivity index (χ2n) is 4.68. The second-order valence-corrected chi connectivity index (χ2v) is 6.42. The third-order valence-corrected chi connectivity index (χ3v) is 4.75. The number of aliphatic hydroxyl groups excluding tert-OH is 1. The number of aromatic nitrogens is 3. The van der Waals surface area contributed by atoms with Gasteiger partial charge in [0.05, 0.1) is 11.5 Å². The van der Waals surface area contributed by atoms with Crippen LogP contribution >= 0.6 is 0 Å². The third-order valence-electron chi connectivity index (χ3n) is 3.14. The first-order chi connectivity index (χ1) is 9.94. The summed E-state index contributed by atoms with van der Waals surface area (Å²) in [4.78, 5) is 4.22. The van der Waals surface area contributed by atoms with Crippen LogP contribution in [0.25, 0.3) is 0 Å². The van der Waals surface area contributed by atoms with E-state index in [1.807, 2.05) is 0 Å². The summed E-state index contributed by atoms with van der Waals surface area (Å²) in [6, 6.07) is 4.84. The summed E-state index contributed by atoms with van der Waals surface area (Å²) in [5.41, 5.74) is 1.16. The first kappa shape index (κ1) is 15.6. The monoisotopic (exact) mass is 310 g/mol. The van der Waals surface area contributed by atoms with Crippen LogP contribution in [0.4, 0.5) is 0 Å². The van der Waals surface area contributed by atoms with E-state index in [9.17, 15) is 13.5 Å². The lowest BCUT2D eigenvalue weighted by Crippen LogP contribution is -2.27. The highest BCUT2D eigenvalue weighted by Crippen LogP contribution is 2.18. The molecule has 0 bridgehead atoms. The van der Waals surface area contributed by atoms with Crippen LogP contribution in [0.5, 0.6) is 0 Å². The summed E-state index contributed by atoms with van der Waals surface area (Å²) < 4.78 is 28.7. The smallest absolute Gasteiger partial charge is 0.240 e. The molecule has 0 atom stereocenters. The molecular weight excluding hydrogens is 292 g/mol. The molecule has 0 aliphatic carbocycles. The molecule has 2 rings (SSSR count). The van der Waals surface area contributed by atoms with Gasteiger partial charge in [-0.05, 0) is 24.1 Å². The molecule has 0 unspecified atom stereocenters. The van der Waals surface area contributed by atoms with E-state index >= 15 is 0 Å². The molecule has 8 heteroatoms. The molecule has 0 amide bonds. The lowest BCUT2D eigenvalue weighted by atomic mass is 10.1. The average Bonchev–Trinajstić information content (AvgIpc) is 2.84. The minimum absolute atomic E-state index is 0.183. The van der Waals surface area contributed by atoms with Gasteiger partial charge in [0.15, 0.2) is 5.82 Å². The Morgan fingerprint density at radius 1 is 1.38 bits per heavy atom. The zero-order chi connectivity index (χ0) is 15.5. The average molecular weight is 310 g/mol. The van der Waals surface area contributed by atoms with Gasteiger partial charge in [0, 0.05) is 20.0 Å². The number of hydrogen-bond donors (Lipinski definition) is 2. The summed E-state index contributed by atoms with van der Waals surface area (Å²) >= 11 is 0. The maximum absolute atomic E-state index is 12.3. The minimum atomic E-state index is -3.61. The highest BCUT2D eigenvalue weighted by atomic mass is 32.2. The predicted molar refractivity (Wildman–Crippen MR) is 77.0 cm³/mol. The second kappa shape index (κ2) is 6.33. The van der Waals surface area contributed by atoms with Gasteiger partial charge in [-0.2, -0.15) is 5.10 Å². The molecule has 1 heterocycles. The molecule has 0 saturated heterocycles. The summed E-state index contributed by atoms with van der Waals surface area (Å²) in [7, 11) is -1.86. The van der Waals surface area contributed by atoms with Crippen molar-refractivity contribution in [3.8, 4) is 0 Å². The topological polar surface area (TPSA) is 97.1 Å². The van der Waals surface area contributed by atoms with Gasteiger partial charge in [0.1, 0.15) is 6.33 Å². The van der Waals surface area contributed by atoms with Gasteiger partial charge in [-0.1, -0.05) is 12.1 Å². The van der Waals surface area contributed by atoms with Gasteiger partial charge in [-0.3, -0.25) is 4.68 Å². The highest BCUT2D eigenvalue weighted by Gasteiger charge is 2.17. The molecule has 2 N–H and O–H groups in total. The molecule has 0 aliphatic heterocycles. The van der Waals surface area contributed by atoms with E-state index in [0.717, 1.165) is 0 Å². The number of nitrogens with one attached hydrogen (secondary N) is 1. The highest BCUT2D eigenvalue weighted by molar-refractivity contribution is 7.89. The number of nitrogens with zero attached hydrogens (tertiary/aromatic N) is 3. The molecule has 1 aromatic heterocycles. The third kappa shape index (κ3) is 3.66. The van der Waals surface area contributed by atoms with Crippen molar-refractivity contribution >= 4 is 10.0 Å². The molecule has 0 fully saturated rings. The van der Waals surface area contributed by atoms with Crippen molar-refractivity contribution in [2.45, 2.75) is 24.8 Å². The molecule has 0 saturated carbocycles. The molecule has 0 aliphatic rings. The van der Waals surface area contributed by atoms with Gasteiger partial charge in [0.2, 0.25) is 10.0 Å². The first-order valence-electron chi connectivity index (χ1n) is 6.47. The zero-order valence-corrected chi connectivity index (χ0v) is 12.8. The lowest BCUT2D eigenvalue weighted by Gasteiger charge is -2.11. The van der Waals surface area contributed by atoms with Crippen molar-refractivity contribution in [3.63, 3.8) is 0 Å². The molecule has 2 aromatic rings. The van der Waals surface area contributed by atoms with Crippen LogP contribution in [0.3, 0.4) is 0 Å². The summed E-state index contributed by atoms with van der Waals surface area (Å²) in [6.07, 6.45) is 1.98. The Balaban J connectivity index is 2.08. The lowest BCUT2D eigenvalue weighted by molar-refractivity contribution is 0.280. The number of sulfonamides is 1. The Hall–Kier alpha value is -1.77. The van der Waals surface area contributed by atoms with Gasteiger partial charge in [0.25, 0.3) is 0 Å². The van der Waals surface area contributed by atoms with Crippen molar-refractivity contribution in [2.24, 2.45) is 7.05 Å². The fourth-order valence-corrected chi connectivity index (χ4v) is 3.31. The van der Waals surface area contributed by atoms with Crippen LogP contribution in [0.1, 0.15) is 17.0 Å². The molecule has 7 nitrogen and oxygen atoms in total. The molecule has 0 radical (unpaired) electrons. The SMILES string of the molecule is Cc1c(CO)cccc1S(=O)(=O)NCCc1ncn(C)n1. The van der Waals surface area contributed by atoms with E-state index in [1.165, 1.54) is 6.07 Å². The van der Waals surface area contributed by atoms with E-state index < -0.39 is 10.0 Å². The fraction of sp³-hybridized carbons (Fsp3) is 0.385. The molecule has 21 heavy (non-hydrogen) atoms. The number of rotatable bonds is 6. The van der Waals surface area contributed by atoms with Crippen LogP contribution in [0, 0.1) is 6.92 Å². The number of aryl methyl sites for hydroxylation is 1. The maximum atomic E-state index is 12.3. The molecule has 114 valence electrons. The van der Waals surface area contributed by atoms with Gasteiger partial charge in [-0.15, -0.1) is 0 Å². The largest absolute Gasteiger partial charge is 0.392 e. The fourth-order valence-electron chi connectivity index (χ4n) is 2.00. The predicted octanol–water partition coefficient (Wildman–Crippen LogP) is 0.137. The van der Waals surface area contributed by atoms with E-state index in [4.69, 9.17) is 0 Å². The van der Waals surface area contributed by atoms with Crippen LogP contribution < -0.4 is 4.72 Å². The van der Waals surface area contributed by atoms with Crippen molar-refractivity contribution in [1.82, 2.24) is 19.5 Å². The number of benzene rings is 1. The van der Waals surface area contributed by atoms with Gasteiger partial charge < -0.3 is 5.11 Å². The summed E-state index contributed by atoms with van der Waals surface area (Å²) in [6.45, 7) is 1.71. The summed E-state index contributed by atoms with van der Waals surface area (Å²) in [5, 5.41) is 13.3. The minimum Gasteiger partial charge on any atom is -0.392 e. The molecular formula is C13H18N4O3S. The van der Waals surface area contributed by atoms with Crippen LogP contribution in [-0.4, -0.2) is 34.8 Å². The van der Waals surface area contributed by atoms with E-state index in [0.29, 0.717) is 23.4 Å². The van der Waals surface area contributed by atoms with Gasteiger partial charge in [-0.25, -0.2) is 18.1 Å². The van der Waals surface area contributed by atoms with Crippen LogP contribution in [-0.2, 0) is 30.1 Å². The molecule has 0 spiro atoms. The maximum Gasteiger partial charge on any atom is 0.240 e. The van der Waals surface area contributed by atoms with Crippen molar-refractivity contribution in [3.05, 3.63) is 41.5 Å². The first-order valence-corrected chi connectivity index (χ1v) is 7.96. The zero-order valence-electron chi connectivity index (χ0n) is 11.9. The van der Waals surface area contributed by atoms with Crippen molar-refractivity contribution in [1.29, 1.82) is 0 Å². The Morgan fingerprint density at radius 2 is 2.14 bits per heavy atom. The Bertz CT molecular complexity index is 725. The normalized spacial score (nSPS) is 11.8. The van der Waals surface area contributed by atoms with E-state index in [1.54, 1.807) is 37.1 Å². The van der Waals surface area contributed by atoms with Crippen molar-refractivity contribution < 1.29 is 13.5 Å². The van der Waals surface area contributed by atoms with Crippen molar-refractivity contribution in [2.75, 3.05) is 6.54 Å². The van der Waals surface area contributed by atoms with Crippen LogP contribution in [0.15, 0.2) is 29.4 Å². The Kier molecular flexibility index (Phi) is 4.71. The van der Waals surface area contributed by atoms with Crippen LogP contribution in [0.2, 0.25) is 0 Å². The number of hydrogen-bond acceptors (Lipinski definition) is 5. The van der Waals surface area contributed by atoms with E-state index in [2.05, 4.69) is 14.8 Å². The summed E-state index contributed by atoms with van der Waals surface area (Å²) in [5.74, 6) is 0.584.